The largest absolute Gasteiger partial charge is 0.489 e. The summed E-state index contributed by atoms with van der Waals surface area (Å²) >= 11 is 0. The first kappa shape index (κ1) is 16.5. The Bertz CT molecular complexity index is 557. The Balaban J connectivity index is 1.81. The van der Waals surface area contributed by atoms with Gasteiger partial charge in [-0.3, -0.25) is 4.39 Å². The molecule has 0 aromatic heterocycles. The number of halogens is 1. The van der Waals surface area contributed by atoms with Crippen LogP contribution in [0, 0.1) is 6.92 Å². The molecule has 0 radical (unpaired) electrons. The summed E-state index contributed by atoms with van der Waals surface area (Å²) in [4.78, 5) is 0. The molecule has 2 rings (SSSR count). The summed E-state index contributed by atoms with van der Waals surface area (Å²) in [5.41, 5.74) is 3.59. The molecule has 0 aliphatic carbocycles. The van der Waals surface area contributed by atoms with Crippen LogP contribution in [-0.2, 0) is 13.0 Å². The Morgan fingerprint density at radius 1 is 1.00 bits per heavy atom. The van der Waals surface area contributed by atoms with Crippen LogP contribution >= 0.6 is 0 Å². The summed E-state index contributed by atoms with van der Waals surface area (Å²) in [6.45, 7) is 4.03. The lowest BCUT2D eigenvalue weighted by molar-refractivity contribution is 0.304. The van der Waals surface area contributed by atoms with Gasteiger partial charge in [0.1, 0.15) is 12.4 Å². The standard InChI is InChI=1S/C19H24FNO/c1-16-14-17(10-13-21-12-5-11-20)8-9-19(16)22-15-18-6-3-2-4-7-18/h2-4,6-9,14,21H,5,10-13,15H2,1H3. The van der Waals surface area contributed by atoms with E-state index in [2.05, 4.69) is 36.5 Å². The fourth-order valence-electron chi connectivity index (χ4n) is 2.31. The second-order valence-corrected chi connectivity index (χ2v) is 5.42. The van der Waals surface area contributed by atoms with Gasteiger partial charge in [-0.2, -0.15) is 0 Å². The van der Waals surface area contributed by atoms with Crippen molar-refractivity contribution < 1.29 is 9.13 Å². The molecule has 0 bridgehead atoms. The lowest BCUT2D eigenvalue weighted by Crippen LogP contribution is -2.18. The first-order chi connectivity index (χ1) is 10.8. The molecule has 0 heterocycles. The van der Waals surface area contributed by atoms with Gasteiger partial charge in [-0.1, -0.05) is 42.5 Å². The van der Waals surface area contributed by atoms with Crippen molar-refractivity contribution in [2.45, 2.75) is 26.4 Å². The van der Waals surface area contributed by atoms with Crippen molar-refractivity contribution in [3.05, 3.63) is 65.2 Å². The van der Waals surface area contributed by atoms with E-state index in [1.165, 1.54) is 11.1 Å². The van der Waals surface area contributed by atoms with Crippen LogP contribution in [0.2, 0.25) is 0 Å². The Morgan fingerprint density at radius 2 is 1.82 bits per heavy atom. The van der Waals surface area contributed by atoms with Crippen LogP contribution in [0.4, 0.5) is 4.39 Å². The van der Waals surface area contributed by atoms with Gasteiger partial charge in [0.05, 0.1) is 6.67 Å². The van der Waals surface area contributed by atoms with E-state index in [0.29, 0.717) is 13.0 Å². The number of hydrogen-bond donors (Lipinski definition) is 1. The molecule has 0 saturated heterocycles. The predicted octanol–water partition coefficient (Wildman–Crippen LogP) is 4.07. The average Bonchev–Trinajstić information content (AvgIpc) is 2.55. The number of alkyl halides is 1. The van der Waals surface area contributed by atoms with E-state index in [4.69, 9.17) is 4.74 Å². The zero-order valence-electron chi connectivity index (χ0n) is 13.1. The van der Waals surface area contributed by atoms with Gasteiger partial charge in [-0.05, 0) is 55.6 Å². The van der Waals surface area contributed by atoms with E-state index in [9.17, 15) is 4.39 Å². The minimum Gasteiger partial charge on any atom is -0.489 e. The minimum absolute atomic E-state index is 0.250. The molecule has 0 fully saturated rings. The number of aryl methyl sites for hydroxylation is 1. The van der Waals surface area contributed by atoms with Crippen molar-refractivity contribution in [1.82, 2.24) is 5.32 Å². The fourth-order valence-corrected chi connectivity index (χ4v) is 2.31. The Hall–Kier alpha value is -1.87. The Kier molecular flexibility index (Phi) is 6.91. The maximum atomic E-state index is 12.0. The molecule has 0 saturated carbocycles. The number of nitrogens with one attached hydrogen (secondary N) is 1. The normalized spacial score (nSPS) is 10.6. The maximum Gasteiger partial charge on any atom is 0.122 e. The first-order valence-corrected chi connectivity index (χ1v) is 7.82. The average molecular weight is 301 g/mol. The number of rotatable bonds is 9. The smallest absolute Gasteiger partial charge is 0.122 e. The maximum absolute atomic E-state index is 12.0. The molecule has 3 heteroatoms. The highest BCUT2D eigenvalue weighted by molar-refractivity contribution is 5.36. The van der Waals surface area contributed by atoms with E-state index in [1.54, 1.807) is 0 Å². The lowest BCUT2D eigenvalue weighted by Gasteiger charge is -2.11. The van der Waals surface area contributed by atoms with E-state index < -0.39 is 0 Å². The van der Waals surface area contributed by atoms with Gasteiger partial charge in [0, 0.05) is 0 Å². The van der Waals surface area contributed by atoms with E-state index in [-0.39, 0.29) is 6.67 Å². The van der Waals surface area contributed by atoms with Crippen LogP contribution < -0.4 is 10.1 Å². The summed E-state index contributed by atoms with van der Waals surface area (Å²) in [5, 5.41) is 3.24. The molecule has 0 amide bonds. The van der Waals surface area contributed by atoms with Crippen LogP contribution in [0.5, 0.6) is 5.75 Å². The quantitative estimate of drug-likeness (QED) is 0.705. The van der Waals surface area contributed by atoms with Crippen LogP contribution in [0.1, 0.15) is 23.1 Å². The van der Waals surface area contributed by atoms with E-state index in [0.717, 1.165) is 30.8 Å². The summed E-state index contributed by atoms with van der Waals surface area (Å²) in [7, 11) is 0. The summed E-state index contributed by atoms with van der Waals surface area (Å²) < 4.78 is 17.9. The molecule has 118 valence electrons. The second-order valence-electron chi connectivity index (χ2n) is 5.42. The highest BCUT2D eigenvalue weighted by atomic mass is 19.1. The van der Waals surface area contributed by atoms with E-state index in [1.807, 2.05) is 24.3 Å². The third-order valence-electron chi connectivity index (χ3n) is 3.55. The molecule has 0 unspecified atom stereocenters. The Morgan fingerprint density at radius 3 is 2.55 bits per heavy atom. The van der Waals surface area contributed by atoms with Gasteiger partial charge in [-0.25, -0.2) is 0 Å². The number of benzene rings is 2. The van der Waals surface area contributed by atoms with Gasteiger partial charge in [0.25, 0.3) is 0 Å². The van der Waals surface area contributed by atoms with Crippen molar-refractivity contribution in [3.63, 3.8) is 0 Å². The molecule has 2 nitrogen and oxygen atoms in total. The predicted molar refractivity (Wildman–Crippen MR) is 89.1 cm³/mol. The highest BCUT2D eigenvalue weighted by Crippen LogP contribution is 2.20. The SMILES string of the molecule is Cc1cc(CCNCCCF)ccc1OCc1ccccc1. The molecular weight excluding hydrogens is 277 g/mol. The highest BCUT2D eigenvalue weighted by Gasteiger charge is 2.02. The minimum atomic E-state index is -0.250. The monoisotopic (exact) mass is 301 g/mol. The van der Waals surface area contributed by atoms with Crippen LogP contribution in [0.3, 0.4) is 0 Å². The van der Waals surface area contributed by atoms with Gasteiger partial charge < -0.3 is 10.1 Å². The molecule has 0 aliphatic rings. The van der Waals surface area contributed by atoms with Crippen molar-refractivity contribution in [3.8, 4) is 5.75 Å². The molecule has 2 aromatic carbocycles. The summed E-state index contributed by atoms with van der Waals surface area (Å²) in [5.74, 6) is 0.929. The van der Waals surface area contributed by atoms with Crippen molar-refractivity contribution in [2.75, 3.05) is 19.8 Å². The third-order valence-corrected chi connectivity index (χ3v) is 3.55. The molecule has 2 aromatic rings. The number of ether oxygens (including phenoxy) is 1. The zero-order valence-corrected chi connectivity index (χ0v) is 13.1. The van der Waals surface area contributed by atoms with Crippen LogP contribution in [0.25, 0.3) is 0 Å². The van der Waals surface area contributed by atoms with Crippen LogP contribution in [0.15, 0.2) is 48.5 Å². The summed E-state index contributed by atoms with van der Waals surface area (Å²) in [6, 6.07) is 16.5. The second kappa shape index (κ2) is 9.21. The molecule has 22 heavy (non-hydrogen) atoms. The zero-order chi connectivity index (χ0) is 15.6. The summed E-state index contributed by atoms with van der Waals surface area (Å²) in [6.07, 6.45) is 1.54. The first-order valence-electron chi connectivity index (χ1n) is 7.82. The van der Waals surface area contributed by atoms with Crippen molar-refractivity contribution in [1.29, 1.82) is 0 Å². The number of hydrogen-bond acceptors (Lipinski definition) is 2. The Labute approximate surface area is 132 Å². The van der Waals surface area contributed by atoms with Gasteiger partial charge in [0.2, 0.25) is 0 Å². The molecule has 1 N–H and O–H groups in total. The lowest BCUT2D eigenvalue weighted by atomic mass is 10.1. The van der Waals surface area contributed by atoms with Gasteiger partial charge >= 0.3 is 0 Å². The van der Waals surface area contributed by atoms with Gasteiger partial charge in [0.15, 0.2) is 0 Å². The van der Waals surface area contributed by atoms with Crippen molar-refractivity contribution in [2.24, 2.45) is 0 Å². The molecule has 0 atom stereocenters. The molecular formula is C19H24FNO. The van der Waals surface area contributed by atoms with Crippen LogP contribution in [-0.4, -0.2) is 19.8 Å². The topological polar surface area (TPSA) is 21.3 Å². The van der Waals surface area contributed by atoms with Crippen molar-refractivity contribution >= 4 is 0 Å². The van der Waals surface area contributed by atoms with Gasteiger partial charge in [-0.15, -0.1) is 0 Å². The molecule has 0 aliphatic heterocycles. The molecule has 0 spiro atoms. The fraction of sp³-hybridized carbons (Fsp3) is 0.368. The van der Waals surface area contributed by atoms with E-state index >= 15 is 0 Å². The third kappa shape index (κ3) is 5.49.